The molecular weight excluding hydrogens is 387 g/mol. The summed E-state index contributed by atoms with van der Waals surface area (Å²) in [4.78, 5) is 24.3. The SMILES string of the molecule is CCOc1ccc(NC(=O)CNC(=O)C2CC2c2ccc(Cl)c(Cl)c2)cc1. The highest BCUT2D eigenvalue weighted by molar-refractivity contribution is 6.42. The first-order chi connectivity index (χ1) is 13.0. The van der Waals surface area contributed by atoms with Crippen molar-refractivity contribution in [2.24, 2.45) is 5.92 Å². The molecule has 2 aromatic carbocycles. The van der Waals surface area contributed by atoms with Gasteiger partial charge in [-0.25, -0.2) is 0 Å². The quantitative estimate of drug-likeness (QED) is 0.721. The average Bonchev–Trinajstić information content (AvgIpc) is 3.45. The van der Waals surface area contributed by atoms with Crippen molar-refractivity contribution >= 4 is 40.7 Å². The van der Waals surface area contributed by atoms with Crippen LogP contribution in [-0.4, -0.2) is 25.0 Å². The van der Waals surface area contributed by atoms with E-state index in [1.807, 2.05) is 13.0 Å². The molecule has 0 radical (unpaired) electrons. The van der Waals surface area contributed by atoms with Gasteiger partial charge in [-0.15, -0.1) is 0 Å². The first-order valence-corrected chi connectivity index (χ1v) is 9.49. The number of ether oxygens (including phenoxy) is 1. The number of amides is 2. The summed E-state index contributed by atoms with van der Waals surface area (Å²) >= 11 is 11.9. The van der Waals surface area contributed by atoms with Crippen molar-refractivity contribution < 1.29 is 14.3 Å². The second-order valence-electron chi connectivity index (χ2n) is 6.35. The molecular formula is C20H20Cl2N2O3. The standard InChI is InChI=1S/C20H20Cl2N2O3/c1-2-27-14-6-4-13(5-7-14)24-19(25)11-23-20(26)16-10-15(16)12-3-8-17(21)18(22)9-12/h3-9,15-16H,2,10-11H2,1H3,(H,23,26)(H,24,25). The minimum atomic E-state index is -0.278. The zero-order valence-corrected chi connectivity index (χ0v) is 16.3. The zero-order chi connectivity index (χ0) is 19.4. The highest BCUT2D eigenvalue weighted by Gasteiger charge is 2.44. The second kappa shape index (κ2) is 8.63. The first-order valence-electron chi connectivity index (χ1n) is 8.73. The van der Waals surface area contributed by atoms with Crippen LogP contribution in [0.25, 0.3) is 0 Å². The molecule has 0 heterocycles. The lowest BCUT2D eigenvalue weighted by Crippen LogP contribution is -2.34. The Kier molecular flexibility index (Phi) is 6.24. The second-order valence-corrected chi connectivity index (χ2v) is 7.16. The third-order valence-electron chi connectivity index (χ3n) is 4.37. The van der Waals surface area contributed by atoms with Crippen LogP contribution in [0.5, 0.6) is 5.75 Å². The molecule has 7 heteroatoms. The lowest BCUT2D eigenvalue weighted by Gasteiger charge is -2.08. The van der Waals surface area contributed by atoms with Crippen molar-refractivity contribution in [3.05, 3.63) is 58.1 Å². The molecule has 0 aliphatic heterocycles. The Morgan fingerprint density at radius 2 is 1.85 bits per heavy atom. The largest absolute Gasteiger partial charge is 0.494 e. The summed E-state index contributed by atoms with van der Waals surface area (Å²) in [7, 11) is 0. The highest BCUT2D eigenvalue weighted by atomic mass is 35.5. The van der Waals surface area contributed by atoms with E-state index in [1.165, 1.54) is 0 Å². The predicted octanol–water partition coefficient (Wildman–Crippen LogP) is 4.25. The summed E-state index contributed by atoms with van der Waals surface area (Å²) in [6.07, 6.45) is 0.740. The molecule has 2 aromatic rings. The number of hydrogen-bond donors (Lipinski definition) is 2. The summed E-state index contributed by atoms with van der Waals surface area (Å²) in [5.41, 5.74) is 1.64. The Morgan fingerprint density at radius 3 is 2.52 bits per heavy atom. The predicted molar refractivity (Wildman–Crippen MR) is 107 cm³/mol. The number of hydrogen-bond acceptors (Lipinski definition) is 3. The smallest absolute Gasteiger partial charge is 0.243 e. The number of carbonyl (C=O) groups excluding carboxylic acids is 2. The van der Waals surface area contributed by atoms with Crippen LogP contribution in [-0.2, 0) is 9.59 Å². The fourth-order valence-corrected chi connectivity index (χ4v) is 3.21. The molecule has 1 saturated carbocycles. The third kappa shape index (κ3) is 5.15. The minimum absolute atomic E-state index is 0.0728. The number of benzene rings is 2. The lowest BCUT2D eigenvalue weighted by atomic mass is 10.1. The number of halogens is 2. The summed E-state index contributed by atoms with van der Waals surface area (Å²) in [6.45, 7) is 2.42. The number of anilines is 1. The van der Waals surface area contributed by atoms with Crippen molar-refractivity contribution in [3.63, 3.8) is 0 Å². The van der Waals surface area contributed by atoms with E-state index in [0.717, 1.165) is 17.7 Å². The minimum Gasteiger partial charge on any atom is -0.494 e. The van der Waals surface area contributed by atoms with E-state index in [0.29, 0.717) is 22.3 Å². The van der Waals surface area contributed by atoms with Gasteiger partial charge in [0.15, 0.2) is 0 Å². The lowest BCUT2D eigenvalue weighted by molar-refractivity contribution is -0.125. The molecule has 2 N–H and O–H groups in total. The molecule has 2 atom stereocenters. The molecule has 0 bridgehead atoms. The molecule has 0 aromatic heterocycles. The van der Waals surface area contributed by atoms with Crippen molar-refractivity contribution in [2.45, 2.75) is 19.3 Å². The topological polar surface area (TPSA) is 67.4 Å². The molecule has 5 nitrogen and oxygen atoms in total. The summed E-state index contributed by atoms with van der Waals surface area (Å²) in [6, 6.07) is 12.5. The van der Waals surface area contributed by atoms with E-state index in [1.54, 1.807) is 36.4 Å². The fraction of sp³-hybridized carbons (Fsp3) is 0.300. The normalized spacial score (nSPS) is 17.9. The molecule has 0 saturated heterocycles. The molecule has 27 heavy (non-hydrogen) atoms. The van der Waals surface area contributed by atoms with Crippen LogP contribution >= 0.6 is 23.2 Å². The molecule has 1 fully saturated rings. The van der Waals surface area contributed by atoms with Gasteiger partial charge in [-0.3, -0.25) is 9.59 Å². The Bertz CT molecular complexity index is 840. The van der Waals surface area contributed by atoms with Gasteiger partial charge in [0.25, 0.3) is 0 Å². The van der Waals surface area contributed by atoms with Crippen molar-refractivity contribution in [1.29, 1.82) is 0 Å². The Hall–Kier alpha value is -2.24. The Morgan fingerprint density at radius 1 is 1.11 bits per heavy atom. The van der Waals surface area contributed by atoms with Gasteiger partial charge in [0.05, 0.1) is 23.2 Å². The fourth-order valence-electron chi connectivity index (χ4n) is 2.90. The molecule has 142 valence electrons. The van der Waals surface area contributed by atoms with Gasteiger partial charge in [0.1, 0.15) is 5.75 Å². The molecule has 1 aliphatic carbocycles. The third-order valence-corrected chi connectivity index (χ3v) is 5.11. The van der Waals surface area contributed by atoms with E-state index in [9.17, 15) is 9.59 Å². The molecule has 0 spiro atoms. The Labute approximate surface area is 168 Å². The zero-order valence-electron chi connectivity index (χ0n) is 14.8. The summed E-state index contributed by atoms with van der Waals surface area (Å²) in [5.74, 6) is 0.312. The number of carbonyl (C=O) groups is 2. The van der Waals surface area contributed by atoms with Gasteiger partial charge < -0.3 is 15.4 Å². The van der Waals surface area contributed by atoms with Gasteiger partial charge in [-0.05, 0) is 61.2 Å². The van der Waals surface area contributed by atoms with Crippen LogP contribution in [0, 0.1) is 5.92 Å². The van der Waals surface area contributed by atoms with Crippen LogP contribution < -0.4 is 15.4 Å². The molecule has 2 unspecified atom stereocenters. The maximum absolute atomic E-state index is 12.2. The van der Waals surface area contributed by atoms with E-state index >= 15 is 0 Å². The highest BCUT2D eigenvalue weighted by Crippen LogP contribution is 2.48. The van der Waals surface area contributed by atoms with Crippen molar-refractivity contribution in [1.82, 2.24) is 5.32 Å². The van der Waals surface area contributed by atoms with Crippen molar-refractivity contribution in [2.75, 3.05) is 18.5 Å². The van der Waals surface area contributed by atoms with Crippen LogP contribution in [0.3, 0.4) is 0 Å². The van der Waals surface area contributed by atoms with Gasteiger partial charge in [-0.1, -0.05) is 29.3 Å². The van der Waals surface area contributed by atoms with Gasteiger partial charge in [-0.2, -0.15) is 0 Å². The summed E-state index contributed by atoms with van der Waals surface area (Å²) in [5, 5.41) is 6.40. The van der Waals surface area contributed by atoms with E-state index in [-0.39, 0.29) is 30.2 Å². The maximum atomic E-state index is 12.2. The van der Waals surface area contributed by atoms with Gasteiger partial charge in [0.2, 0.25) is 11.8 Å². The van der Waals surface area contributed by atoms with Crippen LogP contribution in [0.1, 0.15) is 24.8 Å². The number of nitrogens with one attached hydrogen (secondary N) is 2. The molecule has 3 rings (SSSR count). The first kappa shape index (κ1) is 19.5. The molecule has 1 aliphatic rings. The van der Waals surface area contributed by atoms with Gasteiger partial charge >= 0.3 is 0 Å². The van der Waals surface area contributed by atoms with Gasteiger partial charge in [0, 0.05) is 11.6 Å². The van der Waals surface area contributed by atoms with Crippen LogP contribution in [0.2, 0.25) is 10.0 Å². The van der Waals surface area contributed by atoms with E-state index < -0.39 is 0 Å². The monoisotopic (exact) mass is 406 g/mol. The van der Waals surface area contributed by atoms with Crippen LogP contribution in [0.15, 0.2) is 42.5 Å². The average molecular weight is 407 g/mol. The number of rotatable bonds is 7. The maximum Gasteiger partial charge on any atom is 0.243 e. The Balaban J connectivity index is 1.45. The molecule has 2 amide bonds. The summed E-state index contributed by atoms with van der Waals surface area (Å²) < 4.78 is 5.35. The van der Waals surface area contributed by atoms with E-state index in [4.69, 9.17) is 27.9 Å². The van der Waals surface area contributed by atoms with E-state index in [2.05, 4.69) is 10.6 Å². The van der Waals surface area contributed by atoms with Crippen molar-refractivity contribution in [3.8, 4) is 5.75 Å². The van der Waals surface area contributed by atoms with Crippen LogP contribution in [0.4, 0.5) is 5.69 Å².